The van der Waals surface area contributed by atoms with Gasteiger partial charge in [0.1, 0.15) is 0 Å². The minimum atomic E-state index is 0.277. The zero-order valence-corrected chi connectivity index (χ0v) is 18.3. The second-order valence-electron chi connectivity index (χ2n) is 8.22. The third-order valence-electron chi connectivity index (χ3n) is 5.47. The lowest BCUT2D eigenvalue weighted by Crippen LogP contribution is -2.14. The highest BCUT2D eigenvalue weighted by atomic mass is 16.5. The van der Waals surface area contributed by atoms with E-state index in [1.165, 1.54) is 109 Å². The quantitative estimate of drug-likeness (QED) is 0.198. The van der Waals surface area contributed by atoms with Gasteiger partial charge < -0.3 is 9.84 Å². The fourth-order valence-electron chi connectivity index (χ4n) is 3.55. The first-order valence-electron chi connectivity index (χ1n) is 12.0. The third kappa shape index (κ3) is 20.2. The molecular weight excluding hydrogens is 320 g/mol. The molecular formula is C24H50O2. The van der Waals surface area contributed by atoms with Gasteiger partial charge in [-0.05, 0) is 12.8 Å². The van der Waals surface area contributed by atoms with Crippen LogP contribution in [0.3, 0.4) is 0 Å². The Morgan fingerprint density at radius 3 is 1.42 bits per heavy atom. The summed E-state index contributed by atoms with van der Waals surface area (Å²) in [5, 5.41) is 9.31. The molecule has 0 aromatic rings. The molecule has 0 radical (unpaired) electrons. The van der Waals surface area contributed by atoms with Gasteiger partial charge in [0.05, 0.1) is 6.61 Å². The molecule has 2 nitrogen and oxygen atoms in total. The highest BCUT2D eigenvalue weighted by Crippen LogP contribution is 2.13. The molecule has 0 aliphatic rings. The molecule has 0 aromatic carbocycles. The van der Waals surface area contributed by atoms with Crippen LogP contribution in [0.1, 0.15) is 129 Å². The Bertz CT molecular complexity index is 242. The van der Waals surface area contributed by atoms with Crippen molar-refractivity contribution in [3.63, 3.8) is 0 Å². The summed E-state index contributed by atoms with van der Waals surface area (Å²) in [6.45, 7) is 6.39. The fraction of sp³-hybridized carbons (Fsp3) is 1.00. The first-order chi connectivity index (χ1) is 12.8. The summed E-state index contributed by atoms with van der Waals surface area (Å²) in [4.78, 5) is 0. The van der Waals surface area contributed by atoms with Crippen molar-refractivity contribution in [1.29, 1.82) is 0 Å². The van der Waals surface area contributed by atoms with Crippen LogP contribution in [-0.4, -0.2) is 24.9 Å². The Morgan fingerprint density at radius 1 is 0.577 bits per heavy atom. The molecule has 0 amide bonds. The highest BCUT2D eigenvalue weighted by molar-refractivity contribution is 4.56. The van der Waals surface area contributed by atoms with E-state index in [4.69, 9.17) is 4.74 Å². The third-order valence-corrected chi connectivity index (χ3v) is 5.47. The lowest BCUT2D eigenvalue weighted by Gasteiger charge is -2.13. The molecule has 158 valence electrons. The van der Waals surface area contributed by atoms with Crippen LogP contribution in [0.5, 0.6) is 0 Å². The van der Waals surface area contributed by atoms with Gasteiger partial charge >= 0.3 is 0 Å². The Morgan fingerprint density at radius 2 is 1.00 bits per heavy atom. The molecule has 1 atom stereocenters. The first-order valence-corrected chi connectivity index (χ1v) is 12.0. The summed E-state index contributed by atoms with van der Waals surface area (Å²) in [5.41, 5.74) is 0. The average Bonchev–Trinajstić information content (AvgIpc) is 2.66. The van der Waals surface area contributed by atoms with Crippen molar-refractivity contribution in [3.8, 4) is 0 Å². The molecule has 1 unspecified atom stereocenters. The molecule has 0 spiro atoms. The summed E-state index contributed by atoms with van der Waals surface area (Å²) in [6.07, 6.45) is 24.6. The fourth-order valence-corrected chi connectivity index (χ4v) is 3.55. The maximum Gasteiger partial charge on any atom is 0.0516 e. The topological polar surface area (TPSA) is 29.5 Å². The number of rotatable bonds is 22. The molecule has 0 rings (SSSR count). The second kappa shape index (κ2) is 23.0. The van der Waals surface area contributed by atoms with Crippen LogP contribution in [0.2, 0.25) is 0 Å². The van der Waals surface area contributed by atoms with E-state index in [1.54, 1.807) is 0 Å². The van der Waals surface area contributed by atoms with Crippen LogP contribution >= 0.6 is 0 Å². The monoisotopic (exact) mass is 370 g/mol. The predicted octanol–water partition coefficient (Wildman–Crippen LogP) is 7.67. The van der Waals surface area contributed by atoms with E-state index >= 15 is 0 Å². The van der Waals surface area contributed by atoms with Crippen molar-refractivity contribution in [1.82, 2.24) is 0 Å². The van der Waals surface area contributed by atoms with Gasteiger partial charge in [0.15, 0.2) is 0 Å². The number of hydrogen-bond donors (Lipinski definition) is 1. The van der Waals surface area contributed by atoms with Crippen molar-refractivity contribution < 1.29 is 9.84 Å². The van der Waals surface area contributed by atoms with E-state index in [0.717, 1.165) is 19.6 Å². The maximum absolute atomic E-state index is 9.31. The van der Waals surface area contributed by atoms with Crippen LogP contribution in [0, 0.1) is 5.92 Å². The molecule has 0 aromatic heterocycles. The number of aliphatic hydroxyl groups is 1. The van der Waals surface area contributed by atoms with Crippen LogP contribution in [-0.2, 0) is 4.74 Å². The first kappa shape index (κ1) is 25.9. The molecule has 26 heavy (non-hydrogen) atoms. The van der Waals surface area contributed by atoms with Crippen molar-refractivity contribution in [3.05, 3.63) is 0 Å². The SMILES string of the molecule is CCCCCCCCCCCCCCCCCOCC(CO)CCCC. The number of hydrogen-bond acceptors (Lipinski definition) is 2. The minimum Gasteiger partial charge on any atom is -0.396 e. The highest BCUT2D eigenvalue weighted by Gasteiger charge is 2.06. The molecule has 0 saturated carbocycles. The van der Waals surface area contributed by atoms with Gasteiger partial charge in [-0.15, -0.1) is 0 Å². The second-order valence-corrected chi connectivity index (χ2v) is 8.22. The number of unbranched alkanes of at least 4 members (excludes halogenated alkanes) is 15. The number of aliphatic hydroxyl groups excluding tert-OH is 1. The summed E-state index contributed by atoms with van der Waals surface area (Å²) < 4.78 is 5.74. The van der Waals surface area contributed by atoms with E-state index in [1.807, 2.05) is 0 Å². The molecule has 0 aliphatic carbocycles. The van der Waals surface area contributed by atoms with Crippen molar-refractivity contribution in [2.75, 3.05) is 19.8 Å². The van der Waals surface area contributed by atoms with Crippen LogP contribution in [0.25, 0.3) is 0 Å². The summed E-state index contributed by atoms with van der Waals surface area (Å²) in [5.74, 6) is 0.353. The Labute approximate surface area is 165 Å². The molecule has 0 bridgehead atoms. The maximum atomic E-state index is 9.31. The van der Waals surface area contributed by atoms with Gasteiger partial charge in [0, 0.05) is 19.1 Å². The molecule has 1 N–H and O–H groups in total. The lowest BCUT2D eigenvalue weighted by molar-refractivity contribution is 0.0662. The van der Waals surface area contributed by atoms with E-state index in [-0.39, 0.29) is 6.61 Å². The molecule has 2 heteroatoms. The van der Waals surface area contributed by atoms with Crippen LogP contribution in [0.15, 0.2) is 0 Å². The van der Waals surface area contributed by atoms with Gasteiger partial charge in [-0.1, -0.05) is 117 Å². The van der Waals surface area contributed by atoms with E-state index < -0.39 is 0 Å². The van der Waals surface area contributed by atoms with Gasteiger partial charge in [-0.2, -0.15) is 0 Å². The van der Waals surface area contributed by atoms with Crippen molar-refractivity contribution in [2.24, 2.45) is 5.92 Å². The predicted molar refractivity (Wildman–Crippen MR) is 116 cm³/mol. The van der Waals surface area contributed by atoms with Crippen molar-refractivity contribution >= 4 is 0 Å². The largest absolute Gasteiger partial charge is 0.396 e. The smallest absolute Gasteiger partial charge is 0.0516 e. The number of ether oxygens (including phenoxy) is 1. The van der Waals surface area contributed by atoms with E-state index in [0.29, 0.717) is 5.92 Å². The van der Waals surface area contributed by atoms with Crippen LogP contribution < -0.4 is 0 Å². The van der Waals surface area contributed by atoms with Gasteiger partial charge in [-0.3, -0.25) is 0 Å². The van der Waals surface area contributed by atoms with Crippen LogP contribution in [0.4, 0.5) is 0 Å². The van der Waals surface area contributed by atoms with E-state index in [9.17, 15) is 5.11 Å². The molecule has 0 aliphatic heterocycles. The van der Waals surface area contributed by atoms with Gasteiger partial charge in [0.25, 0.3) is 0 Å². The average molecular weight is 371 g/mol. The van der Waals surface area contributed by atoms with Gasteiger partial charge in [0.2, 0.25) is 0 Å². The summed E-state index contributed by atoms with van der Waals surface area (Å²) in [7, 11) is 0. The minimum absolute atomic E-state index is 0.277. The molecule has 0 saturated heterocycles. The zero-order valence-electron chi connectivity index (χ0n) is 18.3. The zero-order chi connectivity index (χ0) is 19.1. The standard InChI is InChI=1S/C24H50O2/c1-3-5-7-8-9-10-11-12-13-14-15-16-17-18-19-21-26-23-24(22-25)20-6-4-2/h24-25H,3-23H2,1-2H3. The molecule has 0 fully saturated rings. The lowest BCUT2D eigenvalue weighted by atomic mass is 10.0. The Balaban J connectivity index is 3.11. The molecule has 0 heterocycles. The van der Waals surface area contributed by atoms with Gasteiger partial charge in [-0.25, -0.2) is 0 Å². The van der Waals surface area contributed by atoms with Crippen molar-refractivity contribution in [2.45, 2.75) is 129 Å². The van der Waals surface area contributed by atoms with E-state index in [2.05, 4.69) is 13.8 Å². The normalized spacial score (nSPS) is 12.6. The summed E-state index contributed by atoms with van der Waals surface area (Å²) >= 11 is 0. The Kier molecular flexibility index (Phi) is 22.9. The summed E-state index contributed by atoms with van der Waals surface area (Å²) in [6, 6.07) is 0. The Hall–Kier alpha value is -0.0800.